The third kappa shape index (κ3) is 3.70. The summed E-state index contributed by atoms with van der Waals surface area (Å²) in [5.41, 5.74) is 2.62. The van der Waals surface area contributed by atoms with E-state index in [9.17, 15) is 0 Å². The Morgan fingerprint density at radius 1 is 1.40 bits per heavy atom. The van der Waals surface area contributed by atoms with Gasteiger partial charge in [0.25, 0.3) is 0 Å². The molecule has 0 radical (unpaired) electrons. The number of rotatable bonds is 3. The minimum atomic E-state index is 0.130. The van der Waals surface area contributed by atoms with Crippen LogP contribution < -0.4 is 10.2 Å². The fraction of sp³-hybridized carbons (Fsp3) is 0.800. The van der Waals surface area contributed by atoms with Crippen LogP contribution in [0.5, 0.6) is 0 Å². The molecule has 5 heteroatoms. The van der Waals surface area contributed by atoms with E-state index in [0.29, 0.717) is 5.25 Å². The molecule has 1 N–H and O–H groups in total. The Morgan fingerprint density at radius 3 is 2.70 bits per heavy atom. The topological polar surface area (TPSA) is 33.1 Å². The first kappa shape index (κ1) is 15.7. The summed E-state index contributed by atoms with van der Waals surface area (Å²) in [5, 5.41) is 8.93. The molecule has 0 aliphatic carbocycles. The zero-order valence-electron chi connectivity index (χ0n) is 13.7. The quantitative estimate of drug-likeness (QED) is 0.929. The zero-order valence-corrected chi connectivity index (χ0v) is 14.5. The molecule has 1 aliphatic heterocycles. The number of thioether (sulfide) groups is 1. The van der Waals surface area contributed by atoms with Gasteiger partial charge in [-0.25, -0.2) is 0 Å². The average molecular weight is 296 g/mol. The number of nitrogens with zero attached hydrogens (tertiary/aromatic N) is 3. The van der Waals surface area contributed by atoms with E-state index >= 15 is 0 Å². The molecular formula is C15H28N4S. The summed E-state index contributed by atoms with van der Waals surface area (Å²) in [6, 6.07) is 0. The number of hydrogen-bond acceptors (Lipinski definition) is 4. The van der Waals surface area contributed by atoms with E-state index in [0.717, 1.165) is 25.3 Å². The molecule has 1 saturated heterocycles. The summed E-state index contributed by atoms with van der Waals surface area (Å²) in [5.74, 6) is 2.50. The van der Waals surface area contributed by atoms with Gasteiger partial charge in [-0.15, -0.1) is 0 Å². The van der Waals surface area contributed by atoms with Crippen molar-refractivity contribution < 1.29 is 0 Å². The fourth-order valence-electron chi connectivity index (χ4n) is 2.66. The van der Waals surface area contributed by atoms with Gasteiger partial charge in [0.05, 0.1) is 5.69 Å². The van der Waals surface area contributed by atoms with Crippen LogP contribution in [0.3, 0.4) is 0 Å². The van der Waals surface area contributed by atoms with E-state index in [4.69, 9.17) is 0 Å². The largest absolute Gasteiger partial charge is 0.355 e. The molecule has 1 atom stereocenters. The summed E-state index contributed by atoms with van der Waals surface area (Å²) >= 11 is 2.07. The van der Waals surface area contributed by atoms with Gasteiger partial charge in [-0.3, -0.25) is 4.68 Å². The molecule has 1 aromatic rings. The first-order chi connectivity index (χ1) is 9.28. The number of aryl methyl sites for hydroxylation is 2. The molecule has 20 heavy (non-hydrogen) atoms. The second kappa shape index (κ2) is 5.98. The van der Waals surface area contributed by atoms with Crippen LogP contribution in [0.1, 0.15) is 39.0 Å². The van der Waals surface area contributed by atoms with Crippen molar-refractivity contribution in [2.45, 2.75) is 52.0 Å². The Balaban J connectivity index is 2.23. The highest BCUT2D eigenvalue weighted by Gasteiger charge is 2.24. The van der Waals surface area contributed by atoms with E-state index < -0.39 is 0 Å². The van der Waals surface area contributed by atoms with Crippen molar-refractivity contribution in [2.75, 3.05) is 23.7 Å². The Kier molecular flexibility index (Phi) is 4.69. The molecule has 2 heterocycles. The summed E-state index contributed by atoms with van der Waals surface area (Å²) in [6.45, 7) is 14.2. The molecule has 114 valence electrons. The van der Waals surface area contributed by atoms with Crippen LogP contribution in [0.2, 0.25) is 0 Å². The average Bonchev–Trinajstić information content (AvgIpc) is 2.60. The Morgan fingerprint density at radius 2 is 2.10 bits per heavy atom. The van der Waals surface area contributed by atoms with Crippen molar-refractivity contribution in [2.24, 2.45) is 7.05 Å². The van der Waals surface area contributed by atoms with Crippen LogP contribution in [0.25, 0.3) is 0 Å². The lowest BCUT2D eigenvalue weighted by atomic mass is 10.1. The molecule has 4 nitrogen and oxygen atoms in total. The molecule has 0 bridgehead atoms. The third-order valence-corrected chi connectivity index (χ3v) is 4.79. The summed E-state index contributed by atoms with van der Waals surface area (Å²) < 4.78 is 2.05. The maximum absolute atomic E-state index is 4.64. The van der Waals surface area contributed by atoms with Crippen molar-refractivity contribution in [3.05, 3.63) is 11.3 Å². The molecule has 1 aliphatic rings. The van der Waals surface area contributed by atoms with Gasteiger partial charge in [0.2, 0.25) is 0 Å². The number of aromatic nitrogens is 2. The first-order valence-electron chi connectivity index (χ1n) is 7.42. The highest BCUT2D eigenvalue weighted by atomic mass is 32.2. The van der Waals surface area contributed by atoms with E-state index in [1.807, 2.05) is 0 Å². The van der Waals surface area contributed by atoms with E-state index in [2.05, 4.69) is 73.4 Å². The molecule has 0 amide bonds. The Hall–Kier alpha value is -0.680. The molecule has 0 aromatic carbocycles. The molecule has 2 rings (SSSR count). The van der Waals surface area contributed by atoms with Crippen molar-refractivity contribution in [1.82, 2.24) is 15.1 Å². The Bertz CT molecular complexity index is 461. The van der Waals surface area contributed by atoms with Crippen LogP contribution in [0, 0.1) is 6.92 Å². The zero-order chi connectivity index (χ0) is 14.9. The lowest BCUT2D eigenvalue weighted by molar-refractivity contribution is 0.423. The highest BCUT2D eigenvalue weighted by Crippen LogP contribution is 2.28. The standard InChI is InChI=1S/C15H28N4S/c1-11-10-19(7-8-20-11)14-13(9-16-15(3,4)5)12(2)17-18(14)6/h11,16H,7-10H2,1-6H3. The van der Waals surface area contributed by atoms with Crippen LogP contribution in [0.4, 0.5) is 5.82 Å². The molecule has 1 unspecified atom stereocenters. The predicted octanol–water partition coefficient (Wildman–Crippen LogP) is 2.56. The van der Waals surface area contributed by atoms with Gasteiger partial charge < -0.3 is 10.2 Å². The van der Waals surface area contributed by atoms with Gasteiger partial charge in [0.15, 0.2) is 0 Å². The Labute approximate surface area is 127 Å². The van der Waals surface area contributed by atoms with Crippen molar-refractivity contribution in [3.63, 3.8) is 0 Å². The second-order valence-corrected chi connectivity index (χ2v) is 8.29. The molecule has 1 fully saturated rings. The minimum absolute atomic E-state index is 0.130. The van der Waals surface area contributed by atoms with Crippen molar-refractivity contribution in [3.8, 4) is 0 Å². The first-order valence-corrected chi connectivity index (χ1v) is 8.47. The minimum Gasteiger partial charge on any atom is -0.355 e. The predicted molar refractivity (Wildman–Crippen MR) is 88.7 cm³/mol. The number of hydrogen-bond donors (Lipinski definition) is 1. The van der Waals surface area contributed by atoms with Crippen LogP contribution in [0.15, 0.2) is 0 Å². The lowest BCUT2D eigenvalue weighted by Gasteiger charge is -2.33. The van der Waals surface area contributed by atoms with Gasteiger partial charge in [-0.1, -0.05) is 6.92 Å². The van der Waals surface area contributed by atoms with Crippen LogP contribution >= 0.6 is 11.8 Å². The molecule has 0 spiro atoms. The second-order valence-electron chi connectivity index (χ2n) is 6.74. The normalized spacial score (nSPS) is 20.5. The van der Waals surface area contributed by atoms with Gasteiger partial charge in [-0.05, 0) is 27.7 Å². The summed E-state index contributed by atoms with van der Waals surface area (Å²) in [4.78, 5) is 2.50. The van der Waals surface area contributed by atoms with Gasteiger partial charge in [0, 0.05) is 48.8 Å². The monoisotopic (exact) mass is 296 g/mol. The number of anilines is 1. The SMILES string of the molecule is Cc1nn(C)c(N2CCSC(C)C2)c1CNC(C)(C)C. The third-order valence-electron chi connectivity index (χ3n) is 3.65. The van der Waals surface area contributed by atoms with E-state index in [1.165, 1.54) is 17.1 Å². The summed E-state index contributed by atoms with van der Waals surface area (Å²) in [7, 11) is 2.06. The van der Waals surface area contributed by atoms with Gasteiger partial charge in [-0.2, -0.15) is 16.9 Å². The van der Waals surface area contributed by atoms with Gasteiger partial charge >= 0.3 is 0 Å². The molecule has 0 saturated carbocycles. The number of nitrogens with one attached hydrogen (secondary N) is 1. The molecule has 1 aromatic heterocycles. The van der Waals surface area contributed by atoms with Crippen molar-refractivity contribution in [1.29, 1.82) is 0 Å². The van der Waals surface area contributed by atoms with E-state index in [-0.39, 0.29) is 5.54 Å². The fourth-order valence-corrected chi connectivity index (χ4v) is 3.67. The smallest absolute Gasteiger partial charge is 0.131 e. The van der Waals surface area contributed by atoms with E-state index in [1.54, 1.807) is 0 Å². The van der Waals surface area contributed by atoms with Crippen molar-refractivity contribution >= 4 is 17.6 Å². The van der Waals surface area contributed by atoms with Crippen LogP contribution in [-0.2, 0) is 13.6 Å². The van der Waals surface area contributed by atoms with Gasteiger partial charge in [0.1, 0.15) is 5.82 Å². The lowest BCUT2D eigenvalue weighted by Crippen LogP contribution is -2.39. The van der Waals surface area contributed by atoms with Crippen LogP contribution in [-0.4, -0.2) is 39.4 Å². The molecular weight excluding hydrogens is 268 g/mol. The maximum Gasteiger partial charge on any atom is 0.131 e. The summed E-state index contributed by atoms with van der Waals surface area (Å²) in [6.07, 6.45) is 0. The maximum atomic E-state index is 4.64. The highest BCUT2D eigenvalue weighted by molar-refractivity contribution is 8.00.